The molecule has 0 fully saturated rings. The van der Waals surface area contributed by atoms with Crippen LogP contribution in [0.15, 0.2) is 48.2 Å². The number of fused-ring (bicyclic) bond motifs is 1. The Morgan fingerprint density at radius 2 is 1.96 bits per heavy atom. The van der Waals surface area contributed by atoms with E-state index < -0.39 is 5.97 Å². The highest BCUT2D eigenvalue weighted by Crippen LogP contribution is 2.35. The minimum absolute atomic E-state index is 0.239. The van der Waals surface area contributed by atoms with Crippen LogP contribution in [0.3, 0.4) is 0 Å². The van der Waals surface area contributed by atoms with Crippen LogP contribution in [0.5, 0.6) is 0 Å². The molecular weight excluding hydrogens is 326 g/mol. The van der Waals surface area contributed by atoms with E-state index in [9.17, 15) is 9.90 Å². The normalized spacial score (nSPS) is 16.0. The van der Waals surface area contributed by atoms with Gasteiger partial charge in [0.05, 0.1) is 16.9 Å². The number of aromatic carboxylic acids is 1. The molecule has 1 aliphatic heterocycles. The molecule has 0 aliphatic carbocycles. The molecule has 0 saturated heterocycles. The fourth-order valence-corrected chi connectivity index (χ4v) is 2.97. The van der Waals surface area contributed by atoms with Crippen molar-refractivity contribution in [3.8, 4) is 0 Å². The smallest absolute Gasteiger partial charge is 0.335 e. The average molecular weight is 344 g/mol. The van der Waals surface area contributed by atoms with Gasteiger partial charge in [-0.15, -0.1) is 0 Å². The summed E-state index contributed by atoms with van der Waals surface area (Å²) in [5.41, 5.74) is 10.4. The van der Waals surface area contributed by atoms with Gasteiger partial charge in [0.1, 0.15) is 0 Å². The first-order valence-electron chi connectivity index (χ1n) is 7.58. The number of carboxylic acid groups (broad SMARTS) is 1. The number of nitrogens with two attached hydrogens (primary N) is 1. The lowest BCUT2D eigenvalue weighted by Crippen LogP contribution is -2.24. The van der Waals surface area contributed by atoms with Crippen LogP contribution in [0, 0.1) is 0 Å². The summed E-state index contributed by atoms with van der Waals surface area (Å²) in [7, 11) is 0. The van der Waals surface area contributed by atoms with Crippen LogP contribution >= 0.6 is 11.6 Å². The van der Waals surface area contributed by atoms with Crippen molar-refractivity contribution >= 4 is 34.6 Å². The number of nitrogens with zero attached hydrogens (tertiary/aromatic N) is 1. The largest absolute Gasteiger partial charge is 0.478 e. The number of carbonyl (C=O) groups is 1. The Kier molecular flexibility index (Phi) is 4.36. The third-order valence-electron chi connectivity index (χ3n) is 3.97. The molecule has 0 atom stereocenters. The quantitative estimate of drug-likeness (QED) is 0.778. The Labute approximate surface area is 145 Å². The maximum absolute atomic E-state index is 11.4. The molecular formula is C18H18ClN3O2. The molecule has 5 nitrogen and oxygen atoms in total. The van der Waals surface area contributed by atoms with E-state index in [1.165, 1.54) is 0 Å². The molecule has 0 spiro atoms. The summed E-state index contributed by atoms with van der Waals surface area (Å²) in [6.07, 6.45) is 0. The third-order valence-corrected chi connectivity index (χ3v) is 4.23. The number of anilines is 2. The van der Waals surface area contributed by atoms with E-state index >= 15 is 0 Å². The first-order chi connectivity index (χ1) is 11.5. The zero-order valence-electron chi connectivity index (χ0n) is 13.2. The van der Waals surface area contributed by atoms with E-state index in [1.807, 2.05) is 31.2 Å². The Morgan fingerprint density at radius 3 is 2.58 bits per heavy atom. The van der Waals surface area contributed by atoms with E-state index in [1.54, 1.807) is 18.2 Å². The van der Waals surface area contributed by atoms with Gasteiger partial charge in [-0.2, -0.15) is 0 Å². The fourth-order valence-electron chi connectivity index (χ4n) is 2.85. The number of hydrogen-bond donors (Lipinski definition) is 3. The summed E-state index contributed by atoms with van der Waals surface area (Å²) in [6, 6.07) is 12.6. The molecule has 2 aromatic rings. The summed E-state index contributed by atoms with van der Waals surface area (Å²) >= 11 is 5.98. The van der Waals surface area contributed by atoms with E-state index in [0.29, 0.717) is 23.8 Å². The van der Waals surface area contributed by atoms with Crippen LogP contribution in [0.1, 0.15) is 22.8 Å². The molecule has 0 radical (unpaired) electrons. The Hall–Kier alpha value is -2.66. The highest BCUT2D eigenvalue weighted by atomic mass is 35.5. The van der Waals surface area contributed by atoms with Crippen molar-refractivity contribution in [1.82, 2.24) is 5.32 Å². The molecule has 1 heterocycles. The van der Waals surface area contributed by atoms with Crippen molar-refractivity contribution in [3.05, 3.63) is 64.3 Å². The molecule has 1 aliphatic rings. The highest BCUT2D eigenvalue weighted by molar-refractivity contribution is 6.30. The topological polar surface area (TPSA) is 78.6 Å². The van der Waals surface area contributed by atoms with Crippen LogP contribution in [0.4, 0.5) is 11.4 Å². The van der Waals surface area contributed by atoms with Gasteiger partial charge in [-0.05, 0) is 49.4 Å². The van der Waals surface area contributed by atoms with Gasteiger partial charge >= 0.3 is 5.97 Å². The second-order valence-corrected chi connectivity index (χ2v) is 6.09. The summed E-state index contributed by atoms with van der Waals surface area (Å²) in [5.74, 6) is -0.957. The maximum Gasteiger partial charge on any atom is 0.335 e. The van der Waals surface area contributed by atoms with Gasteiger partial charge in [0.25, 0.3) is 0 Å². The average Bonchev–Trinajstić information content (AvgIpc) is 2.74. The number of nitrogens with one attached hydrogen (secondary N) is 1. The Balaban J connectivity index is 2.20. The first-order valence-corrected chi connectivity index (χ1v) is 7.96. The van der Waals surface area contributed by atoms with Crippen molar-refractivity contribution in [2.24, 2.45) is 5.73 Å². The van der Waals surface area contributed by atoms with Gasteiger partial charge in [0, 0.05) is 35.1 Å². The van der Waals surface area contributed by atoms with Gasteiger partial charge in [0.2, 0.25) is 0 Å². The standard InChI is InChI=1S/C18H18ClN3O2/c1-11(20)17-15-7-2-12(18(23)24)10-16(15)22(9-8-21-17)14-5-3-13(19)4-6-14/h2-7,10,21H,8-9,20H2,1H3,(H,23,24)/b17-11-. The molecule has 0 bridgehead atoms. The number of hydrogen-bond acceptors (Lipinski definition) is 4. The first kappa shape index (κ1) is 16.2. The SMILES string of the molecule is C/C(N)=C1/NCCN(c2ccc(Cl)cc2)c2cc(C(=O)O)ccc21. The molecule has 24 heavy (non-hydrogen) atoms. The van der Waals surface area contributed by atoms with Crippen molar-refractivity contribution < 1.29 is 9.90 Å². The zero-order chi connectivity index (χ0) is 17.3. The third kappa shape index (κ3) is 3.03. The van der Waals surface area contributed by atoms with Crippen molar-refractivity contribution in [3.63, 3.8) is 0 Å². The minimum atomic E-state index is -0.957. The van der Waals surface area contributed by atoms with Gasteiger partial charge < -0.3 is 21.1 Å². The van der Waals surface area contributed by atoms with Crippen molar-refractivity contribution in [2.45, 2.75) is 6.92 Å². The summed E-state index contributed by atoms with van der Waals surface area (Å²) < 4.78 is 0. The molecule has 6 heteroatoms. The van der Waals surface area contributed by atoms with Gasteiger partial charge in [0.15, 0.2) is 0 Å². The number of carboxylic acids is 1. The minimum Gasteiger partial charge on any atom is -0.478 e. The van der Waals surface area contributed by atoms with E-state index in [0.717, 1.165) is 22.6 Å². The van der Waals surface area contributed by atoms with Crippen LogP contribution in [0.2, 0.25) is 5.02 Å². The lowest BCUT2D eigenvalue weighted by Gasteiger charge is -2.25. The molecule has 4 N–H and O–H groups in total. The van der Waals surface area contributed by atoms with Gasteiger partial charge in [-0.3, -0.25) is 0 Å². The number of allylic oxidation sites excluding steroid dienone is 1. The van der Waals surface area contributed by atoms with Gasteiger partial charge in [-0.25, -0.2) is 4.79 Å². The lowest BCUT2D eigenvalue weighted by atomic mass is 10.0. The predicted octanol–water partition coefficient (Wildman–Crippen LogP) is 3.43. The van der Waals surface area contributed by atoms with Crippen molar-refractivity contribution in [1.29, 1.82) is 0 Å². The fraction of sp³-hybridized carbons (Fsp3) is 0.167. The van der Waals surface area contributed by atoms with Crippen LogP contribution in [-0.4, -0.2) is 24.2 Å². The zero-order valence-corrected chi connectivity index (χ0v) is 14.0. The predicted molar refractivity (Wildman–Crippen MR) is 96.6 cm³/mol. The van der Waals surface area contributed by atoms with Crippen LogP contribution in [-0.2, 0) is 0 Å². The molecule has 0 aromatic heterocycles. The van der Waals surface area contributed by atoms with Crippen LogP contribution < -0.4 is 16.0 Å². The summed E-state index contributed by atoms with van der Waals surface area (Å²) in [4.78, 5) is 13.5. The number of benzene rings is 2. The monoisotopic (exact) mass is 343 g/mol. The lowest BCUT2D eigenvalue weighted by molar-refractivity contribution is 0.0697. The second-order valence-electron chi connectivity index (χ2n) is 5.65. The van der Waals surface area contributed by atoms with Crippen LogP contribution in [0.25, 0.3) is 5.70 Å². The highest BCUT2D eigenvalue weighted by Gasteiger charge is 2.22. The van der Waals surface area contributed by atoms with E-state index in [-0.39, 0.29) is 5.56 Å². The maximum atomic E-state index is 11.4. The Morgan fingerprint density at radius 1 is 1.25 bits per heavy atom. The van der Waals surface area contributed by atoms with Gasteiger partial charge in [-0.1, -0.05) is 11.6 Å². The summed E-state index contributed by atoms with van der Waals surface area (Å²) in [5, 5.41) is 13.3. The molecule has 124 valence electrons. The molecule has 0 unspecified atom stereocenters. The van der Waals surface area contributed by atoms with Crippen molar-refractivity contribution in [2.75, 3.05) is 18.0 Å². The molecule has 3 rings (SSSR count). The molecule has 0 saturated carbocycles. The number of rotatable bonds is 2. The Bertz CT molecular complexity index is 812. The van der Waals surface area contributed by atoms with E-state index in [4.69, 9.17) is 17.3 Å². The molecule has 0 amide bonds. The van der Waals surface area contributed by atoms with E-state index in [2.05, 4.69) is 10.2 Å². The second kappa shape index (κ2) is 6.45. The summed E-state index contributed by atoms with van der Waals surface area (Å²) in [6.45, 7) is 3.19. The number of halogens is 1. The molecule has 2 aromatic carbocycles.